The Labute approximate surface area is 211 Å². The summed E-state index contributed by atoms with van der Waals surface area (Å²) in [6, 6.07) is 13.7. The quantitative estimate of drug-likeness (QED) is 0.478. The third-order valence-corrected chi connectivity index (χ3v) is 8.38. The van der Waals surface area contributed by atoms with Gasteiger partial charge in [-0.25, -0.2) is 4.98 Å². The molecule has 2 aromatic carbocycles. The molecule has 3 aliphatic rings. The Morgan fingerprint density at radius 1 is 1.09 bits per heavy atom. The second-order valence-electron chi connectivity index (χ2n) is 9.80. The molecule has 1 atom stereocenters. The first kappa shape index (κ1) is 23.2. The van der Waals surface area contributed by atoms with E-state index < -0.39 is 0 Å². The number of aromatic nitrogens is 2. The zero-order chi connectivity index (χ0) is 23.5. The summed E-state index contributed by atoms with van der Waals surface area (Å²) in [6.07, 6.45) is 8.64. The van der Waals surface area contributed by atoms with Crippen molar-refractivity contribution in [2.45, 2.75) is 55.1 Å². The van der Waals surface area contributed by atoms with Gasteiger partial charge in [-0.3, -0.25) is 10.2 Å². The van der Waals surface area contributed by atoms with Gasteiger partial charge in [0.1, 0.15) is 17.9 Å². The summed E-state index contributed by atoms with van der Waals surface area (Å²) < 4.78 is 13.6. The van der Waals surface area contributed by atoms with E-state index in [1.807, 2.05) is 18.1 Å². The number of rotatable bonds is 8. The molecular weight excluding hydrogens is 458 g/mol. The van der Waals surface area contributed by atoms with Crippen LogP contribution in [0.25, 0.3) is 11.0 Å². The molecular formula is C27H35N5O2S. The van der Waals surface area contributed by atoms with Gasteiger partial charge in [0.25, 0.3) is 0 Å². The molecule has 8 heteroatoms. The second kappa shape index (κ2) is 10.8. The first-order valence-corrected chi connectivity index (χ1v) is 13.9. The van der Waals surface area contributed by atoms with Gasteiger partial charge in [-0.05, 0) is 42.7 Å². The average Bonchev–Trinajstić information content (AvgIpc) is 3.48. The number of ether oxygens (including phenoxy) is 2. The lowest BCUT2D eigenvalue weighted by atomic mass is 9.96. The van der Waals surface area contributed by atoms with Crippen LogP contribution in [0.2, 0.25) is 0 Å². The van der Waals surface area contributed by atoms with Crippen LogP contribution in [0.4, 0.5) is 5.69 Å². The van der Waals surface area contributed by atoms with Crippen LogP contribution in [-0.4, -0.2) is 65.4 Å². The van der Waals surface area contributed by atoms with E-state index in [0.717, 1.165) is 56.2 Å². The van der Waals surface area contributed by atoms with Crippen LogP contribution in [0.5, 0.6) is 5.75 Å². The normalized spacial score (nSPS) is 21.2. The molecule has 6 rings (SSSR count). The van der Waals surface area contributed by atoms with Gasteiger partial charge in [0.15, 0.2) is 0 Å². The average molecular weight is 494 g/mol. The van der Waals surface area contributed by atoms with Crippen molar-refractivity contribution >= 4 is 28.5 Å². The molecule has 1 unspecified atom stereocenters. The Balaban J connectivity index is 1.06. The molecule has 0 amide bonds. The van der Waals surface area contributed by atoms with Gasteiger partial charge in [-0.2, -0.15) is 0 Å². The highest BCUT2D eigenvalue weighted by molar-refractivity contribution is 8.00. The molecule has 1 saturated carbocycles. The summed E-state index contributed by atoms with van der Waals surface area (Å²) >= 11 is 1.91. The molecule has 35 heavy (non-hydrogen) atoms. The second-order valence-corrected chi connectivity index (χ2v) is 10.9. The number of imidazole rings is 1. The van der Waals surface area contributed by atoms with Crippen molar-refractivity contribution in [3.63, 3.8) is 0 Å². The Morgan fingerprint density at radius 3 is 2.86 bits per heavy atom. The minimum absolute atomic E-state index is 0.277. The maximum absolute atomic E-state index is 6.01. The third kappa shape index (κ3) is 5.61. The molecule has 1 aliphatic carbocycles. The van der Waals surface area contributed by atoms with Crippen molar-refractivity contribution in [3.8, 4) is 5.75 Å². The molecule has 186 valence electrons. The zero-order valence-electron chi connectivity index (χ0n) is 20.2. The number of anilines is 1. The minimum atomic E-state index is 0.277. The van der Waals surface area contributed by atoms with Gasteiger partial charge in [0.2, 0.25) is 0 Å². The number of morpholine rings is 1. The van der Waals surface area contributed by atoms with Crippen LogP contribution in [0, 0.1) is 0 Å². The largest absolute Gasteiger partial charge is 0.492 e. The van der Waals surface area contributed by atoms with Crippen LogP contribution < -0.4 is 15.4 Å². The first-order chi connectivity index (χ1) is 17.3. The van der Waals surface area contributed by atoms with Crippen LogP contribution in [0.1, 0.15) is 37.7 Å². The molecule has 7 nitrogen and oxygen atoms in total. The fourth-order valence-electron chi connectivity index (χ4n) is 5.31. The maximum atomic E-state index is 6.01. The fourth-order valence-corrected chi connectivity index (χ4v) is 6.49. The molecule has 3 aromatic rings. The molecule has 1 aromatic heterocycles. The van der Waals surface area contributed by atoms with E-state index in [2.05, 4.69) is 61.5 Å². The van der Waals surface area contributed by atoms with Crippen molar-refractivity contribution in [1.82, 2.24) is 19.8 Å². The predicted octanol–water partition coefficient (Wildman–Crippen LogP) is 4.52. The van der Waals surface area contributed by atoms with E-state index in [1.165, 1.54) is 48.3 Å². The standard InChI is InChI=1S/C27H35N5O2S/c1-2-4-21(5-3-1)29-27-30-23-8-6-20(16-26(23)35-27)18-32-19-28-24-17-22(7-9-25(24)32)34-15-12-31-10-13-33-14-11-31/h6-9,16-17,19,21,27,29-30H,1-5,10-15,18H2. The summed E-state index contributed by atoms with van der Waals surface area (Å²) in [5.74, 6) is 0.882. The van der Waals surface area contributed by atoms with Gasteiger partial charge in [0, 0.05) is 48.9 Å². The van der Waals surface area contributed by atoms with Gasteiger partial charge in [-0.1, -0.05) is 37.1 Å². The Hall–Kier alpha value is -2.26. The number of thioether (sulfide) groups is 1. The summed E-state index contributed by atoms with van der Waals surface area (Å²) in [4.78, 5) is 8.37. The number of hydrogen-bond donors (Lipinski definition) is 2. The fraction of sp³-hybridized carbons (Fsp3) is 0.519. The third-order valence-electron chi connectivity index (χ3n) is 7.30. The number of benzene rings is 2. The van der Waals surface area contributed by atoms with E-state index in [9.17, 15) is 0 Å². The number of fused-ring (bicyclic) bond motifs is 2. The Bertz CT molecular complexity index is 1140. The lowest BCUT2D eigenvalue weighted by molar-refractivity contribution is 0.0322. The van der Waals surface area contributed by atoms with E-state index >= 15 is 0 Å². The highest BCUT2D eigenvalue weighted by atomic mass is 32.2. The lowest BCUT2D eigenvalue weighted by Crippen LogP contribution is -2.40. The van der Waals surface area contributed by atoms with Gasteiger partial charge in [0.05, 0.1) is 30.6 Å². The van der Waals surface area contributed by atoms with E-state index in [4.69, 9.17) is 9.47 Å². The summed E-state index contributed by atoms with van der Waals surface area (Å²) in [7, 11) is 0. The van der Waals surface area contributed by atoms with Crippen LogP contribution in [0.3, 0.4) is 0 Å². The molecule has 3 heterocycles. The Kier molecular flexibility index (Phi) is 7.13. The first-order valence-electron chi connectivity index (χ1n) is 13.0. The molecule has 2 N–H and O–H groups in total. The molecule has 0 spiro atoms. The molecule has 1 saturated heterocycles. The van der Waals surface area contributed by atoms with Crippen molar-refractivity contribution in [2.75, 3.05) is 44.8 Å². The summed E-state index contributed by atoms with van der Waals surface area (Å²) in [5.41, 5.74) is 4.92. The monoisotopic (exact) mass is 493 g/mol. The number of nitrogens with one attached hydrogen (secondary N) is 2. The van der Waals surface area contributed by atoms with Gasteiger partial charge < -0.3 is 19.4 Å². The van der Waals surface area contributed by atoms with Crippen molar-refractivity contribution < 1.29 is 9.47 Å². The van der Waals surface area contributed by atoms with E-state index in [-0.39, 0.29) is 5.50 Å². The number of nitrogens with zero attached hydrogens (tertiary/aromatic N) is 3. The molecule has 0 radical (unpaired) electrons. The Morgan fingerprint density at radius 2 is 1.97 bits per heavy atom. The number of hydrogen-bond acceptors (Lipinski definition) is 7. The predicted molar refractivity (Wildman–Crippen MR) is 141 cm³/mol. The van der Waals surface area contributed by atoms with Crippen molar-refractivity contribution in [2.24, 2.45) is 0 Å². The van der Waals surface area contributed by atoms with E-state index in [0.29, 0.717) is 12.6 Å². The highest BCUT2D eigenvalue weighted by Gasteiger charge is 2.25. The zero-order valence-corrected chi connectivity index (χ0v) is 21.1. The molecule has 0 bridgehead atoms. The highest BCUT2D eigenvalue weighted by Crippen LogP contribution is 2.39. The lowest BCUT2D eigenvalue weighted by Gasteiger charge is -2.26. The van der Waals surface area contributed by atoms with Gasteiger partial charge in [-0.15, -0.1) is 0 Å². The van der Waals surface area contributed by atoms with Crippen molar-refractivity contribution in [1.29, 1.82) is 0 Å². The van der Waals surface area contributed by atoms with Crippen LogP contribution >= 0.6 is 11.8 Å². The maximum Gasteiger partial charge on any atom is 0.130 e. The van der Waals surface area contributed by atoms with Crippen molar-refractivity contribution in [3.05, 3.63) is 48.3 Å². The molecule has 2 aliphatic heterocycles. The smallest absolute Gasteiger partial charge is 0.130 e. The summed E-state index contributed by atoms with van der Waals surface area (Å²) in [6.45, 7) is 6.04. The van der Waals surface area contributed by atoms with E-state index in [1.54, 1.807) is 0 Å². The molecule has 2 fully saturated rings. The topological polar surface area (TPSA) is 63.6 Å². The van der Waals surface area contributed by atoms with Crippen LogP contribution in [-0.2, 0) is 11.3 Å². The van der Waals surface area contributed by atoms with Crippen LogP contribution in [0.15, 0.2) is 47.6 Å². The SMILES string of the molecule is c1cc2c(cc1Cn1cnc3cc(OCCN4CCOCC4)ccc31)SC(NC1CCCCC1)N2. The summed E-state index contributed by atoms with van der Waals surface area (Å²) in [5, 5.41) is 7.46. The van der Waals surface area contributed by atoms with Gasteiger partial charge >= 0.3 is 0 Å². The minimum Gasteiger partial charge on any atom is -0.492 e.